The van der Waals surface area contributed by atoms with Gasteiger partial charge in [0, 0.05) is 29.8 Å². The molecule has 4 rings (SSSR count). The molecule has 0 unspecified atom stereocenters. The minimum atomic E-state index is -0.151. The second kappa shape index (κ2) is 11.2. The van der Waals surface area contributed by atoms with Gasteiger partial charge < -0.3 is 9.64 Å². The van der Waals surface area contributed by atoms with Crippen LogP contribution < -0.4 is 9.64 Å². The maximum absolute atomic E-state index is 13.5. The summed E-state index contributed by atoms with van der Waals surface area (Å²) < 4.78 is 6.27. The van der Waals surface area contributed by atoms with E-state index in [1.54, 1.807) is 48.4 Å². The molecule has 0 radical (unpaired) electrons. The average Bonchev–Trinajstić information content (AvgIpc) is 3.27. The Kier molecular flexibility index (Phi) is 8.39. The number of carbonyl (C=O) groups is 2. The van der Waals surface area contributed by atoms with Gasteiger partial charge in [0.15, 0.2) is 10.9 Å². The van der Waals surface area contributed by atoms with Gasteiger partial charge in [-0.25, -0.2) is 4.98 Å². The summed E-state index contributed by atoms with van der Waals surface area (Å²) in [6.07, 6.45) is 0. The maximum Gasteiger partial charge on any atom is 0.260 e. The van der Waals surface area contributed by atoms with Crippen LogP contribution in [-0.2, 0) is 0 Å². The van der Waals surface area contributed by atoms with Gasteiger partial charge in [-0.1, -0.05) is 53.8 Å². The van der Waals surface area contributed by atoms with Crippen LogP contribution >= 0.6 is 23.7 Å². The number of carbonyl (C=O) groups excluding carboxylic acids is 2. The molecular formula is C26H26ClN3O3S. The zero-order chi connectivity index (χ0) is 23.4. The van der Waals surface area contributed by atoms with Crippen LogP contribution in [0.1, 0.15) is 26.3 Å². The summed E-state index contributed by atoms with van der Waals surface area (Å²) in [6, 6.07) is 21.6. The number of anilines is 1. The minimum absolute atomic E-state index is 0. The van der Waals surface area contributed by atoms with E-state index in [2.05, 4.69) is 0 Å². The van der Waals surface area contributed by atoms with Crippen LogP contribution in [0.3, 0.4) is 0 Å². The van der Waals surface area contributed by atoms with E-state index in [9.17, 15) is 9.59 Å². The van der Waals surface area contributed by atoms with Crippen molar-refractivity contribution in [2.24, 2.45) is 0 Å². The van der Waals surface area contributed by atoms with Gasteiger partial charge in [0.25, 0.3) is 5.91 Å². The Labute approximate surface area is 209 Å². The van der Waals surface area contributed by atoms with Gasteiger partial charge in [-0.3, -0.25) is 14.5 Å². The van der Waals surface area contributed by atoms with Gasteiger partial charge >= 0.3 is 0 Å². The van der Waals surface area contributed by atoms with Gasteiger partial charge in [0.05, 0.1) is 17.3 Å². The molecule has 3 aromatic carbocycles. The van der Waals surface area contributed by atoms with Crippen LogP contribution in [0, 0.1) is 0 Å². The largest absolute Gasteiger partial charge is 0.497 e. The Morgan fingerprint density at radius 3 is 2.18 bits per heavy atom. The molecule has 176 valence electrons. The third kappa shape index (κ3) is 5.62. The summed E-state index contributed by atoms with van der Waals surface area (Å²) in [7, 11) is 5.56. The van der Waals surface area contributed by atoms with E-state index in [1.165, 1.54) is 11.3 Å². The van der Waals surface area contributed by atoms with Crippen molar-refractivity contribution in [3.05, 3.63) is 89.5 Å². The average molecular weight is 496 g/mol. The first-order valence-electron chi connectivity index (χ1n) is 10.6. The number of likely N-dealkylation sites (N-methyl/N-ethyl adjacent to an activating group) is 1. The Balaban J connectivity index is 0.00000324. The van der Waals surface area contributed by atoms with Crippen molar-refractivity contribution < 1.29 is 14.3 Å². The van der Waals surface area contributed by atoms with E-state index < -0.39 is 0 Å². The molecule has 0 aliphatic heterocycles. The highest BCUT2D eigenvalue weighted by Crippen LogP contribution is 2.32. The first-order chi connectivity index (χ1) is 16.0. The van der Waals surface area contributed by atoms with Crippen molar-refractivity contribution in [1.29, 1.82) is 0 Å². The molecule has 0 aliphatic carbocycles. The van der Waals surface area contributed by atoms with Crippen LogP contribution in [0.2, 0.25) is 0 Å². The molecule has 8 heteroatoms. The summed E-state index contributed by atoms with van der Waals surface area (Å²) in [6.45, 7) is 1.18. The number of nitrogens with zero attached hydrogens (tertiary/aromatic N) is 3. The van der Waals surface area contributed by atoms with E-state index >= 15 is 0 Å². The summed E-state index contributed by atoms with van der Waals surface area (Å²) >= 11 is 1.46. The standard InChI is InChI=1S/C26H25N3O3S.ClH/c1-28(2)15-16-29(26-27-22-14-13-21(32-3)17-23(22)33-26)25(31)20-11-9-19(10-12-20)24(30)18-7-5-4-6-8-18;/h4-14,17H,15-16H2,1-3H3;1H. The highest BCUT2D eigenvalue weighted by Gasteiger charge is 2.22. The van der Waals surface area contributed by atoms with Crippen LogP contribution in [0.25, 0.3) is 10.2 Å². The number of benzene rings is 3. The van der Waals surface area contributed by atoms with Crippen molar-refractivity contribution in [2.45, 2.75) is 0 Å². The number of ether oxygens (including phenoxy) is 1. The van der Waals surface area contributed by atoms with E-state index in [-0.39, 0.29) is 24.1 Å². The number of thiazole rings is 1. The first kappa shape index (κ1) is 25.4. The quantitative estimate of drug-likeness (QED) is 0.316. The zero-order valence-corrected chi connectivity index (χ0v) is 20.9. The molecule has 0 atom stereocenters. The lowest BCUT2D eigenvalue weighted by Gasteiger charge is -2.22. The van der Waals surface area contributed by atoms with Crippen LogP contribution in [0.4, 0.5) is 5.13 Å². The molecule has 4 aromatic rings. The van der Waals surface area contributed by atoms with Crippen molar-refractivity contribution >= 4 is 50.8 Å². The van der Waals surface area contributed by atoms with E-state index in [4.69, 9.17) is 9.72 Å². The monoisotopic (exact) mass is 495 g/mol. The second-order valence-corrected chi connectivity index (χ2v) is 8.87. The number of fused-ring (bicyclic) bond motifs is 1. The molecule has 0 bridgehead atoms. The molecule has 34 heavy (non-hydrogen) atoms. The van der Waals surface area contributed by atoms with Crippen LogP contribution in [0.15, 0.2) is 72.8 Å². The van der Waals surface area contributed by atoms with E-state index in [1.807, 2.05) is 55.4 Å². The molecule has 1 aromatic heterocycles. The number of aromatic nitrogens is 1. The van der Waals surface area contributed by atoms with Gasteiger partial charge in [-0.2, -0.15) is 0 Å². The van der Waals surface area contributed by atoms with Crippen molar-refractivity contribution in [3.8, 4) is 5.75 Å². The highest BCUT2D eigenvalue weighted by molar-refractivity contribution is 7.22. The molecule has 1 heterocycles. The molecule has 0 saturated heterocycles. The third-order valence-electron chi connectivity index (χ3n) is 5.26. The molecular weight excluding hydrogens is 470 g/mol. The topological polar surface area (TPSA) is 62.7 Å². The fourth-order valence-corrected chi connectivity index (χ4v) is 4.41. The summed E-state index contributed by atoms with van der Waals surface area (Å²) in [5.74, 6) is 0.531. The van der Waals surface area contributed by atoms with Crippen molar-refractivity contribution in [3.63, 3.8) is 0 Å². The molecule has 0 saturated carbocycles. The van der Waals surface area contributed by atoms with Gasteiger partial charge in [0.2, 0.25) is 0 Å². The zero-order valence-electron chi connectivity index (χ0n) is 19.2. The smallest absolute Gasteiger partial charge is 0.260 e. The maximum atomic E-state index is 13.5. The molecule has 6 nitrogen and oxygen atoms in total. The molecule has 0 fully saturated rings. The predicted molar refractivity (Wildman–Crippen MR) is 140 cm³/mol. The summed E-state index contributed by atoms with van der Waals surface area (Å²) in [5.41, 5.74) is 2.50. The van der Waals surface area contributed by atoms with Crippen LogP contribution in [-0.4, -0.2) is 55.9 Å². The number of halogens is 1. The minimum Gasteiger partial charge on any atom is -0.497 e. The Bertz CT molecular complexity index is 1270. The van der Waals surface area contributed by atoms with Gasteiger partial charge in [-0.05, 0) is 44.4 Å². The predicted octanol–water partition coefficient (Wildman–Crippen LogP) is 5.17. The Morgan fingerprint density at radius 1 is 0.882 bits per heavy atom. The number of hydrogen-bond acceptors (Lipinski definition) is 6. The molecule has 1 amide bonds. The molecule has 0 N–H and O–H groups in total. The first-order valence-corrected chi connectivity index (χ1v) is 11.4. The number of methoxy groups -OCH3 is 1. The van der Waals surface area contributed by atoms with Crippen LogP contribution in [0.5, 0.6) is 5.75 Å². The lowest BCUT2D eigenvalue weighted by atomic mass is 10.0. The Morgan fingerprint density at radius 2 is 1.53 bits per heavy atom. The number of amides is 1. The summed E-state index contributed by atoms with van der Waals surface area (Å²) in [4.78, 5) is 34.6. The lowest BCUT2D eigenvalue weighted by molar-refractivity contribution is 0.0982. The summed E-state index contributed by atoms with van der Waals surface area (Å²) in [5, 5.41) is 0.634. The van der Waals surface area contributed by atoms with Gasteiger partial charge in [-0.15, -0.1) is 12.4 Å². The lowest BCUT2D eigenvalue weighted by Crippen LogP contribution is -2.36. The SMILES string of the molecule is COc1ccc2nc(N(CCN(C)C)C(=O)c3ccc(C(=O)c4ccccc4)cc3)sc2c1.Cl. The van der Waals surface area contributed by atoms with Crippen molar-refractivity contribution in [1.82, 2.24) is 9.88 Å². The number of hydrogen-bond donors (Lipinski definition) is 0. The fraction of sp³-hybridized carbons (Fsp3) is 0.192. The fourth-order valence-electron chi connectivity index (χ4n) is 3.40. The second-order valence-electron chi connectivity index (χ2n) is 7.86. The van der Waals surface area contributed by atoms with Gasteiger partial charge in [0.1, 0.15) is 5.75 Å². The number of rotatable bonds is 8. The third-order valence-corrected chi connectivity index (χ3v) is 6.30. The molecule has 0 spiro atoms. The highest BCUT2D eigenvalue weighted by atomic mass is 35.5. The normalized spacial score (nSPS) is 10.7. The van der Waals surface area contributed by atoms with Crippen molar-refractivity contribution in [2.75, 3.05) is 39.2 Å². The Hall–Kier alpha value is -3.26. The van der Waals surface area contributed by atoms with E-state index in [0.29, 0.717) is 34.9 Å². The van der Waals surface area contributed by atoms with E-state index in [0.717, 1.165) is 16.0 Å². The molecule has 0 aliphatic rings. The number of ketones is 1.